The molecule has 1 fully saturated rings. The summed E-state index contributed by atoms with van der Waals surface area (Å²) in [5.41, 5.74) is 4.96. The number of amides is 3. The van der Waals surface area contributed by atoms with Crippen molar-refractivity contribution in [3.8, 4) is 0 Å². The van der Waals surface area contributed by atoms with Gasteiger partial charge in [-0.3, -0.25) is 25.2 Å². The van der Waals surface area contributed by atoms with Crippen LogP contribution in [0.25, 0.3) is 0 Å². The summed E-state index contributed by atoms with van der Waals surface area (Å²) in [7, 11) is 0. The van der Waals surface area contributed by atoms with Gasteiger partial charge in [0, 0.05) is 11.1 Å². The smallest absolute Gasteiger partial charge is 0.327 e. The van der Waals surface area contributed by atoms with Crippen LogP contribution in [0.2, 0.25) is 5.02 Å². The summed E-state index contributed by atoms with van der Waals surface area (Å²) in [6.07, 6.45) is 1.84. The predicted molar refractivity (Wildman–Crippen MR) is 72.6 cm³/mol. The van der Waals surface area contributed by atoms with Gasteiger partial charge in [-0.1, -0.05) is 23.7 Å². The van der Waals surface area contributed by atoms with Crippen LogP contribution in [0.3, 0.4) is 0 Å². The summed E-state index contributed by atoms with van der Waals surface area (Å²) in [4.78, 5) is 34.3. The molecule has 20 heavy (non-hydrogen) atoms. The van der Waals surface area contributed by atoms with Crippen molar-refractivity contribution < 1.29 is 14.4 Å². The second-order valence-corrected chi connectivity index (χ2v) is 4.99. The van der Waals surface area contributed by atoms with E-state index < -0.39 is 17.7 Å². The maximum absolute atomic E-state index is 11.6. The first kappa shape index (κ1) is 14.3. The van der Waals surface area contributed by atoms with Crippen molar-refractivity contribution in [2.45, 2.75) is 25.3 Å². The minimum atomic E-state index is -0.878. The van der Waals surface area contributed by atoms with Crippen LogP contribution in [0.5, 0.6) is 0 Å². The Labute approximate surface area is 120 Å². The molecule has 1 aliphatic carbocycles. The number of halogens is 1. The van der Waals surface area contributed by atoms with Crippen LogP contribution in [0, 0.1) is 0 Å². The van der Waals surface area contributed by atoms with E-state index in [1.807, 2.05) is 0 Å². The van der Waals surface area contributed by atoms with Gasteiger partial charge in [0.05, 0.1) is 6.42 Å². The van der Waals surface area contributed by atoms with Gasteiger partial charge in [-0.05, 0) is 30.5 Å². The zero-order chi connectivity index (χ0) is 14.5. The summed E-state index contributed by atoms with van der Waals surface area (Å²) in [6, 6.07) is 6.92. The molecular weight excluding hydrogens is 282 g/mol. The SMILES string of the molecule is O=C(Cc1cccc(Cl)c1)NNC(=O)C(=O)NC1CC1. The summed E-state index contributed by atoms with van der Waals surface area (Å²) >= 11 is 5.80. The van der Waals surface area contributed by atoms with Crippen LogP contribution in [0.1, 0.15) is 18.4 Å². The number of nitrogens with one attached hydrogen (secondary N) is 3. The topological polar surface area (TPSA) is 87.3 Å². The number of carbonyl (C=O) groups excluding carboxylic acids is 3. The number of hydrogen-bond acceptors (Lipinski definition) is 3. The molecule has 6 nitrogen and oxygen atoms in total. The van der Waals surface area contributed by atoms with Gasteiger partial charge in [0.15, 0.2) is 0 Å². The Morgan fingerprint density at radius 3 is 2.55 bits per heavy atom. The van der Waals surface area contributed by atoms with Crippen molar-refractivity contribution in [3.63, 3.8) is 0 Å². The molecule has 106 valence electrons. The minimum Gasteiger partial charge on any atom is -0.345 e. The first-order valence-electron chi connectivity index (χ1n) is 6.19. The maximum atomic E-state index is 11.6. The number of carbonyl (C=O) groups is 3. The monoisotopic (exact) mass is 295 g/mol. The molecule has 1 saturated carbocycles. The van der Waals surface area contributed by atoms with E-state index >= 15 is 0 Å². The van der Waals surface area contributed by atoms with Crippen molar-refractivity contribution in [2.24, 2.45) is 0 Å². The summed E-state index contributed by atoms with van der Waals surface area (Å²) in [5.74, 6) is -2.05. The molecule has 0 bridgehead atoms. The minimum absolute atomic E-state index is 0.0606. The predicted octanol–water partition coefficient (Wildman–Crippen LogP) is 0.308. The maximum Gasteiger partial charge on any atom is 0.327 e. The highest BCUT2D eigenvalue weighted by Crippen LogP contribution is 2.18. The lowest BCUT2D eigenvalue weighted by atomic mass is 10.1. The molecule has 0 spiro atoms. The lowest BCUT2D eigenvalue weighted by Crippen LogP contribution is -2.49. The Hall–Kier alpha value is -2.08. The summed E-state index contributed by atoms with van der Waals surface area (Å²) in [5, 5.41) is 3.05. The molecule has 1 aliphatic rings. The van der Waals surface area contributed by atoms with Crippen molar-refractivity contribution in [1.82, 2.24) is 16.2 Å². The average Bonchev–Trinajstić information content (AvgIpc) is 3.19. The molecule has 0 atom stereocenters. The largest absolute Gasteiger partial charge is 0.345 e. The van der Waals surface area contributed by atoms with Gasteiger partial charge in [0.1, 0.15) is 0 Å². The lowest BCUT2D eigenvalue weighted by Gasteiger charge is -2.07. The normalized spacial score (nSPS) is 13.4. The standard InChI is InChI=1S/C13H14ClN3O3/c14-9-3-1-2-8(6-9)7-11(18)16-17-13(20)12(19)15-10-4-5-10/h1-3,6,10H,4-5,7H2,(H,15,19)(H,16,18)(H,17,20). The molecule has 0 radical (unpaired) electrons. The van der Waals surface area contributed by atoms with E-state index in [2.05, 4.69) is 16.2 Å². The average molecular weight is 296 g/mol. The molecule has 7 heteroatoms. The number of hydrazine groups is 1. The van der Waals surface area contributed by atoms with Crippen molar-refractivity contribution in [1.29, 1.82) is 0 Å². The number of hydrogen-bond donors (Lipinski definition) is 3. The molecule has 1 aromatic carbocycles. The Balaban J connectivity index is 1.74. The first-order valence-corrected chi connectivity index (χ1v) is 6.56. The van der Waals surface area contributed by atoms with Crippen LogP contribution in [-0.2, 0) is 20.8 Å². The third-order valence-corrected chi connectivity index (χ3v) is 2.92. The highest BCUT2D eigenvalue weighted by molar-refractivity contribution is 6.35. The fraction of sp³-hybridized carbons (Fsp3) is 0.308. The highest BCUT2D eigenvalue weighted by Gasteiger charge is 2.26. The van der Waals surface area contributed by atoms with Gasteiger partial charge in [0.25, 0.3) is 0 Å². The molecule has 2 rings (SSSR count). The van der Waals surface area contributed by atoms with Crippen LogP contribution >= 0.6 is 11.6 Å². The lowest BCUT2D eigenvalue weighted by molar-refractivity contribution is -0.140. The van der Waals surface area contributed by atoms with E-state index in [0.717, 1.165) is 12.8 Å². The van der Waals surface area contributed by atoms with Gasteiger partial charge < -0.3 is 5.32 Å². The Kier molecular flexibility index (Phi) is 4.57. The molecule has 0 aliphatic heterocycles. The summed E-state index contributed by atoms with van der Waals surface area (Å²) < 4.78 is 0. The molecule has 0 unspecified atom stereocenters. The Morgan fingerprint density at radius 1 is 1.15 bits per heavy atom. The van der Waals surface area contributed by atoms with Gasteiger partial charge >= 0.3 is 11.8 Å². The van der Waals surface area contributed by atoms with Crippen LogP contribution in [0.15, 0.2) is 24.3 Å². The summed E-state index contributed by atoms with van der Waals surface area (Å²) in [6.45, 7) is 0. The fourth-order valence-corrected chi connectivity index (χ4v) is 1.75. The Bertz CT molecular complexity index is 543. The molecule has 3 N–H and O–H groups in total. The van der Waals surface area contributed by atoms with Crippen molar-refractivity contribution >= 4 is 29.3 Å². The second-order valence-electron chi connectivity index (χ2n) is 4.56. The van der Waals surface area contributed by atoms with E-state index in [4.69, 9.17) is 11.6 Å². The van der Waals surface area contributed by atoms with Gasteiger partial charge in [-0.15, -0.1) is 0 Å². The first-order chi connectivity index (χ1) is 9.54. The van der Waals surface area contributed by atoms with Gasteiger partial charge in [-0.25, -0.2) is 0 Å². The van der Waals surface area contributed by atoms with E-state index in [1.165, 1.54) is 0 Å². The zero-order valence-electron chi connectivity index (χ0n) is 10.6. The van der Waals surface area contributed by atoms with Gasteiger partial charge in [0.2, 0.25) is 5.91 Å². The number of benzene rings is 1. The third-order valence-electron chi connectivity index (χ3n) is 2.69. The van der Waals surface area contributed by atoms with Crippen LogP contribution in [0.4, 0.5) is 0 Å². The molecule has 0 aromatic heterocycles. The van der Waals surface area contributed by atoms with Crippen LogP contribution in [-0.4, -0.2) is 23.8 Å². The van der Waals surface area contributed by atoms with E-state index in [-0.39, 0.29) is 12.5 Å². The Morgan fingerprint density at radius 2 is 1.90 bits per heavy atom. The fourth-order valence-electron chi connectivity index (χ4n) is 1.54. The van der Waals surface area contributed by atoms with Gasteiger partial charge in [-0.2, -0.15) is 0 Å². The molecule has 3 amide bonds. The van der Waals surface area contributed by atoms with Crippen LogP contribution < -0.4 is 16.2 Å². The molecule has 0 saturated heterocycles. The highest BCUT2D eigenvalue weighted by atomic mass is 35.5. The molecule has 0 heterocycles. The number of rotatable bonds is 3. The van der Waals surface area contributed by atoms with E-state index in [1.54, 1.807) is 24.3 Å². The second kappa shape index (κ2) is 6.38. The molecular formula is C13H14ClN3O3. The molecule has 1 aromatic rings. The third kappa shape index (κ3) is 4.55. The quantitative estimate of drug-likeness (QED) is 0.554. The van der Waals surface area contributed by atoms with E-state index in [9.17, 15) is 14.4 Å². The van der Waals surface area contributed by atoms with Crippen molar-refractivity contribution in [2.75, 3.05) is 0 Å². The van der Waals surface area contributed by atoms with E-state index in [0.29, 0.717) is 10.6 Å². The zero-order valence-corrected chi connectivity index (χ0v) is 11.4. The van der Waals surface area contributed by atoms with Crippen molar-refractivity contribution in [3.05, 3.63) is 34.9 Å².